The maximum absolute atomic E-state index is 11.9. The van der Waals surface area contributed by atoms with Crippen molar-refractivity contribution in [3.8, 4) is 5.75 Å². The summed E-state index contributed by atoms with van der Waals surface area (Å²) >= 11 is 0. The third-order valence-corrected chi connectivity index (χ3v) is 5.11. The van der Waals surface area contributed by atoms with Crippen LogP contribution in [0.3, 0.4) is 0 Å². The average Bonchev–Trinajstić information content (AvgIpc) is 2.58. The number of carbonyl (C=O) groups is 2. The summed E-state index contributed by atoms with van der Waals surface area (Å²) in [6.45, 7) is 10.1. The highest BCUT2D eigenvalue weighted by Gasteiger charge is 2.33. The molecule has 1 aromatic rings. The summed E-state index contributed by atoms with van der Waals surface area (Å²) in [6.07, 6.45) is 5.66. The van der Waals surface area contributed by atoms with Crippen LogP contribution in [0.25, 0.3) is 0 Å². The Morgan fingerprint density at radius 2 is 1.39 bits per heavy atom. The molecular formula is C23H36O5. The van der Waals surface area contributed by atoms with Gasteiger partial charge < -0.3 is 14.9 Å². The van der Waals surface area contributed by atoms with Crippen LogP contribution in [0.15, 0.2) is 18.2 Å². The molecule has 0 radical (unpaired) electrons. The van der Waals surface area contributed by atoms with E-state index in [9.17, 15) is 19.8 Å². The SMILES string of the molecule is CCCCCCCOc1ccc(C(C(=O)O)C(C)C)c(C(C(=O)O)C(C)C)c1. The molecule has 0 saturated heterocycles. The highest BCUT2D eigenvalue weighted by atomic mass is 16.5. The molecule has 2 N–H and O–H groups in total. The lowest BCUT2D eigenvalue weighted by Gasteiger charge is -2.26. The molecule has 5 nitrogen and oxygen atoms in total. The van der Waals surface area contributed by atoms with Crippen LogP contribution < -0.4 is 4.74 Å². The summed E-state index contributed by atoms with van der Waals surface area (Å²) in [5.74, 6) is -3.11. The van der Waals surface area contributed by atoms with Gasteiger partial charge in [-0.05, 0) is 41.5 Å². The van der Waals surface area contributed by atoms with Crippen molar-refractivity contribution in [2.75, 3.05) is 6.61 Å². The molecule has 0 heterocycles. The normalized spacial score (nSPS) is 13.5. The minimum absolute atomic E-state index is 0.150. The van der Waals surface area contributed by atoms with Crippen molar-refractivity contribution in [2.24, 2.45) is 11.8 Å². The van der Waals surface area contributed by atoms with Crippen molar-refractivity contribution in [1.29, 1.82) is 0 Å². The van der Waals surface area contributed by atoms with Gasteiger partial charge in [0.15, 0.2) is 0 Å². The minimum Gasteiger partial charge on any atom is -0.494 e. The zero-order valence-electron chi connectivity index (χ0n) is 17.9. The molecule has 0 aliphatic carbocycles. The van der Waals surface area contributed by atoms with Crippen LogP contribution in [0.5, 0.6) is 5.75 Å². The quantitative estimate of drug-likeness (QED) is 0.422. The van der Waals surface area contributed by atoms with Gasteiger partial charge in [-0.25, -0.2) is 0 Å². The zero-order valence-corrected chi connectivity index (χ0v) is 17.9. The number of carboxylic acid groups (broad SMARTS) is 2. The molecular weight excluding hydrogens is 356 g/mol. The molecule has 1 rings (SSSR count). The van der Waals surface area contributed by atoms with Crippen molar-refractivity contribution < 1.29 is 24.5 Å². The molecule has 5 heteroatoms. The van der Waals surface area contributed by atoms with Gasteiger partial charge in [0, 0.05) is 0 Å². The summed E-state index contributed by atoms with van der Waals surface area (Å²) in [7, 11) is 0. The van der Waals surface area contributed by atoms with Crippen LogP contribution in [-0.2, 0) is 9.59 Å². The molecule has 2 atom stereocenters. The molecule has 28 heavy (non-hydrogen) atoms. The first-order valence-corrected chi connectivity index (χ1v) is 10.4. The maximum atomic E-state index is 11.9. The predicted molar refractivity (Wildman–Crippen MR) is 111 cm³/mol. The van der Waals surface area contributed by atoms with E-state index in [1.807, 2.05) is 27.7 Å². The van der Waals surface area contributed by atoms with Gasteiger partial charge in [-0.3, -0.25) is 9.59 Å². The lowest BCUT2D eigenvalue weighted by molar-refractivity contribution is -0.141. The molecule has 158 valence electrons. The van der Waals surface area contributed by atoms with Crippen molar-refractivity contribution in [1.82, 2.24) is 0 Å². The van der Waals surface area contributed by atoms with E-state index in [0.29, 0.717) is 23.5 Å². The Hall–Kier alpha value is -2.04. The number of hydrogen-bond donors (Lipinski definition) is 2. The second-order valence-electron chi connectivity index (χ2n) is 8.17. The molecule has 1 aromatic carbocycles. The van der Waals surface area contributed by atoms with E-state index in [2.05, 4.69) is 6.92 Å². The number of unbranched alkanes of at least 4 members (excludes halogenated alkanes) is 4. The number of hydrogen-bond acceptors (Lipinski definition) is 3. The van der Waals surface area contributed by atoms with Crippen molar-refractivity contribution in [3.63, 3.8) is 0 Å². The fraction of sp³-hybridized carbons (Fsp3) is 0.652. The first-order valence-electron chi connectivity index (χ1n) is 10.4. The Morgan fingerprint density at radius 3 is 1.89 bits per heavy atom. The van der Waals surface area contributed by atoms with Crippen molar-refractivity contribution in [2.45, 2.75) is 78.6 Å². The summed E-state index contributed by atoms with van der Waals surface area (Å²) < 4.78 is 5.85. The van der Waals surface area contributed by atoms with Gasteiger partial charge in [0.2, 0.25) is 0 Å². The fourth-order valence-electron chi connectivity index (χ4n) is 3.65. The van der Waals surface area contributed by atoms with E-state index in [0.717, 1.165) is 12.8 Å². The van der Waals surface area contributed by atoms with Crippen LogP contribution in [-0.4, -0.2) is 28.8 Å². The van der Waals surface area contributed by atoms with Gasteiger partial charge >= 0.3 is 11.9 Å². The first kappa shape index (κ1) is 24.0. The Balaban J connectivity index is 3.16. The Bertz CT molecular complexity index is 636. The second kappa shape index (κ2) is 11.7. The van der Waals surface area contributed by atoms with Gasteiger partial charge in [-0.15, -0.1) is 0 Å². The van der Waals surface area contributed by atoms with Crippen LogP contribution in [0.4, 0.5) is 0 Å². The number of benzene rings is 1. The van der Waals surface area contributed by atoms with E-state index in [1.165, 1.54) is 19.3 Å². The lowest BCUT2D eigenvalue weighted by atomic mass is 9.78. The molecule has 0 aliphatic rings. The monoisotopic (exact) mass is 392 g/mol. The van der Waals surface area contributed by atoms with Gasteiger partial charge in [-0.1, -0.05) is 66.4 Å². The highest BCUT2D eigenvalue weighted by molar-refractivity contribution is 5.81. The molecule has 0 aromatic heterocycles. The van der Waals surface area contributed by atoms with E-state index in [4.69, 9.17) is 4.74 Å². The lowest BCUT2D eigenvalue weighted by Crippen LogP contribution is -2.24. The summed E-state index contributed by atoms with van der Waals surface area (Å²) in [5.41, 5.74) is 1.12. The van der Waals surface area contributed by atoms with Crippen LogP contribution >= 0.6 is 0 Å². The zero-order chi connectivity index (χ0) is 21.3. The largest absolute Gasteiger partial charge is 0.494 e. The summed E-state index contributed by atoms with van der Waals surface area (Å²) in [6, 6.07) is 5.24. The third kappa shape index (κ3) is 6.84. The van der Waals surface area contributed by atoms with E-state index in [-0.39, 0.29) is 11.8 Å². The Kier molecular flexibility index (Phi) is 10.0. The first-order chi connectivity index (χ1) is 13.2. The van der Waals surface area contributed by atoms with Gasteiger partial charge in [0.05, 0.1) is 18.4 Å². The van der Waals surface area contributed by atoms with Gasteiger partial charge in [0.1, 0.15) is 5.75 Å². The molecule has 0 amide bonds. The summed E-state index contributed by atoms with van der Waals surface area (Å²) in [4.78, 5) is 23.8. The van der Waals surface area contributed by atoms with E-state index >= 15 is 0 Å². The van der Waals surface area contributed by atoms with Gasteiger partial charge in [-0.2, -0.15) is 0 Å². The standard InChI is InChI=1S/C23H36O5/c1-6-7-8-9-10-13-28-17-11-12-18(20(15(2)3)22(24)25)19(14-17)21(16(4)5)23(26)27/h11-12,14-16,20-21H,6-10,13H2,1-5H3,(H,24,25)(H,26,27). The van der Waals surface area contributed by atoms with E-state index in [1.54, 1.807) is 18.2 Å². The Morgan fingerprint density at radius 1 is 0.857 bits per heavy atom. The average molecular weight is 393 g/mol. The maximum Gasteiger partial charge on any atom is 0.311 e. The number of carboxylic acids is 2. The van der Waals surface area contributed by atoms with Crippen molar-refractivity contribution >= 4 is 11.9 Å². The smallest absolute Gasteiger partial charge is 0.311 e. The van der Waals surface area contributed by atoms with Gasteiger partial charge in [0.25, 0.3) is 0 Å². The molecule has 0 fully saturated rings. The van der Waals surface area contributed by atoms with Crippen molar-refractivity contribution in [3.05, 3.63) is 29.3 Å². The topological polar surface area (TPSA) is 83.8 Å². The third-order valence-electron chi connectivity index (χ3n) is 5.11. The van der Waals surface area contributed by atoms with Crippen LogP contribution in [0.1, 0.15) is 89.7 Å². The minimum atomic E-state index is -0.944. The van der Waals surface area contributed by atoms with Crippen LogP contribution in [0, 0.1) is 11.8 Å². The molecule has 0 spiro atoms. The Labute approximate surface area is 169 Å². The summed E-state index contributed by atoms with van der Waals surface area (Å²) in [5, 5.41) is 19.5. The van der Waals surface area contributed by atoms with Crippen LogP contribution in [0.2, 0.25) is 0 Å². The fourth-order valence-corrected chi connectivity index (χ4v) is 3.65. The molecule has 0 saturated carbocycles. The highest BCUT2D eigenvalue weighted by Crippen LogP contribution is 2.37. The second-order valence-corrected chi connectivity index (χ2v) is 8.17. The number of rotatable bonds is 13. The van der Waals surface area contributed by atoms with E-state index < -0.39 is 23.8 Å². The number of ether oxygens (including phenoxy) is 1. The number of aliphatic carboxylic acids is 2. The predicted octanol–water partition coefficient (Wildman–Crippen LogP) is 5.68. The molecule has 0 bridgehead atoms. The molecule has 0 aliphatic heterocycles. The molecule has 2 unspecified atom stereocenters.